The van der Waals surface area contributed by atoms with Gasteiger partial charge in [0, 0.05) is 11.4 Å². The molecule has 2 rings (SSSR count). The zero-order valence-corrected chi connectivity index (χ0v) is 26.4. The van der Waals surface area contributed by atoms with E-state index in [0.717, 1.165) is 109 Å². The predicted molar refractivity (Wildman–Crippen MR) is 170 cm³/mol. The maximum absolute atomic E-state index is 13.0. The number of aryl methyl sites for hydroxylation is 4. The summed E-state index contributed by atoms with van der Waals surface area (Å²) in [5.41, 5.74) is 6.31. The minimum Gasteiger partial charge on any atom is -0.324 e. The molecule has 0 atom stereocenters. The maximum Gasteiger partial charge on any atom is 0.279 e. The molecule has 0 aliphatic rings. The van der Waals surface area contributed by atoms with Crippen LogP contribution in [0.25, 0.3) is 0 Å². The fourth-order valence-electron chi connectivity index (χ4n) is 5.52. The van der Waals surface area contributed by atoms with Crippen molar-refractivity contribution < 1.29 is 14.1 Å². The minimum atomic E-state index is 0.0700. The second-order valence-electron chi connectivity index (χ2n) is 11.5. The molecule has 2 N–H and O–H groups in total. The molecule has 0 unspecified atom stereocenters. The van der Waals surface area contributed by atoms with Crippen LogP contribution in [0.5, 0.6) is 0 Å². The molecule has 6 nitrogen and oxygen atoms in total. The molecule has 2 amide bonds. The lowest BCUT2D eigenvalue weighted by molar-refractivity contribution is -0.917. The first-order valence-electron chi connectivity index (χ1n) is 15.4. The Morgan fingerprint density at radius 3 is 1.65 bits per heavy atom. The first kappa shape index (κ1) is 33.5. The largest absolute Gasteiger partial charge is 0.324 e. The molecule has 0 spiro atoms. The molecule has 2 aromatic carbocycles. The molecule has 2 aromatic rings. The third-order valence-corrected chi connectivity index (χ3v) is 8.36. The molecule has 0 aliphatic heterocycles. The number of rotatable bonds is 18. The van der Waals surface area contributed by atoms with E-state index < -0.39 is 0 Å². The van der Waals surface area contributed by atoms with Gasteiger partial charge < -0.3 is 15.1 Å². The molecule has 0 fully saturated rings. The van der Waals surface area contributed by atoms with Crippen LogP contribution >= 0.6 is 0 Å². The van der Waals surface area contributed by atoms with Gasteiger partial charge in [0.1, 0.15) is 0 Å². The van der Waals surface area contributed by atoms with Gasteiger partial charge in [0.05, 0.1) is 26.2 Å². The van der Waals surface area contributed by atoms with Crippen LogP contribution < -0.4 is 10.6 Å². The summed E-state index contributed by atoms with van der Waals surface area (Å²) in [6.07, 6.45) is 6.72. The number of quaternary nitrogens is 1. The summed E-state index contributed by atoms with van der Waals surface area (Å²) in [5.74, 6) is 0.174. The number of anilines is 2. The van der Waals surface area contributed by atoms with Crippen molar-refractivity contribution in [2.24, 2.45) is 0 Å². The van der Waals surface area contributed by atoms with Gasteiger partial charge in [-0.15, -0.1) is 0 Å². The van der Waals surface area contributed by atoms with Crippen LogP contribution in [0.2, 0.25) is 0 Å². The summed E-state index contributed by atoms with van der Waals surface area (Å²) in [6, 6.07) is 12.2. The summed E-state index contributed by atoms with van der Waals surface area (Å²) in [7, 11) is 0. The van der Waals surface area contributed by atoms with E-state index in [0.29, 0.717) is 13.1 Å². The quantitative estimate of drug-likeness (QED) is 0.155. The Morgan fingerprint density at radius 2 is 1.15 bits per heavy atom. The lowest BCUT2D eigenvalue weighted by atomic mass is 10.1. The number of hydrogen-bond acceptors (Lipinski definition) is 3. The lowest BCUT2D eigenvalue weighted by Gasteiger charge is -2.36. The normalized spacial score (nSPS) is 11.6. The van der Waals surface area contributed by atoms with Gasteiger partial charge in [0.25, 0.3) is 5.91 Å². The number of amides is 2. The summed E-state index contributed by atoms with van der Waals surface area (Å²) in [5, 5.41) is 6.33. The monoisotopic (exact) mass is 551 g/mol. The Morgan fingerprint density at radius 1 is 0.675 bits per heavy atom. The van der Waals surface area contributed by atoms with E-state index in [2.05, 4.69) is 36.3 Å². The van der Waals surface area contributed by atoms with Crippen molar-refractivity contribution in [1.29, 1.82) is 0 Å². The van der Waals surface area contributed by atoms with Crippen LogP contribution in [0.1, 0.15) is 81.5 Å². The topological polar surface area (TPSA) is 61.4 Å². The summed E-state index contributed by atoms with van der Waals surface area (Å²) >= 11 is 0. The molecule has 0 aromatic heterocycles. The standard InChI is InChI=1S/C34H54N4O2/c1-8-11-22-37(25-31(39)35-33-27(4)18-16-19-28(33)5)23-14-12-13-15-24-38(9-2,10-3)26-32(40)36-34-29(6)20-17-21-30(34)7/h16-21H,8-15,22-26H2,1-7H3,(H-,35,36,39,40)/p+1. The van der Waals surface area contributed by atoms with Crippen molar-refractivity contribution in [1.82, 2.24) is 4.90 Å². The van der Waals surface area contributed by atoms with Crippen LogP contribution in [0.4, 0.5) is 11.4 Å². The van der Waals surface area contributed by atoms with E-state index in [9.17, 15) is 9.59 Å². The van der Waals surface area contributed by atoms with Crippen molar-refractivity contribution in [2.45, 2.75) is 87.0 Å². The SMILES string of the molecule is CCCCN(CCCCCC[N+](CC)(CC)CC(=O)Nc1c(C)cccc1C)CC(=O)Nc1c(C)cccc1C. The zero-order valence-electron chi connectivity index (χ0n) is 26.4. The number of carbonyl (C=O) groups excluding carboxylic acids is 2. The van der Waals surface area contributed by atoms with E-state index in [-0.39, 0.29) is 11.8 Å². The molecule has 0 saturated carbocycles. The summed E-state index contributed by atoms with van der Waals surface area (Å²) < 4.78 is 0.817. The molecule has 40 heavy (non-hydrogen) atoms. The van der Waals surface area contributed by atoms with Crippen molar-refractivity contribution in [3.63, 3.8) is 0 Å². The van der Waals surface area contributed by atoms with Gasteiger partial charge in [-0.3, -0.25) is 14.5 Å². The van der Waals surface area contributed by atoms with Crippen LogP contribution in [0.3, 0.4) is 0 Å². The van der Waals surface area contributed by atoms with E-state index in [1.165, 1.54) is 0 Å². The lowest BCUT2D eigenvalue weighted by Crippen LogP contribution is -2.52. The van der Waals surface area contributed by atoms with Crippen LogP contribution in [0, 0.1) is 27.7 Å². The third kappa shape index (κ3) is 10.7. The average Bonchev–Trinajstić information content (AvgIpc) is 2.92. The van der Waals surface area contributed by atoms with Gasteiger partial charge in [-0.1, -0.05) is 56.2 Å². The molecule has 222 valence electrons. The number of para-hydroxylation sites is 2. The van der Waals surface area contributed by atoms with Crippen molar-refractivity contribution in [3.05, 3.63) is 58.7 Å². The van der Waals surface area contributed by atoms with Gasteiger partial charge >= 0.3 is 0 Å². The fraction of sp³-hybridized carbons (Fsp3) is 0.588. The number of nitrogens with one attached hydrogen (secondary N) is 2. The van der Waals surface area contributed by atoms with Gasteiger partial charge in [-0.2, -0.15) is 0 Å². The highest BCUT2D eigenvalue weighted by Gasteiger charge is 2.27. The summed E-state index contributed by atoms with van der Waals surface area (Å²) in [6.45, 7) is 20.6. The highest BCUT2D eigenvalue weighted by Crippen LogP contribution is 2.21. The predicted octanol–water partition coefficient (Wildman–Crippen LogP) is 7.02. The maximum atomic E-state index is 13.0. The fourth-order valence-corrected chi connectivity index (χ4v) is 5.52. The smallest absolute Gasteiger partial charge is 0.279 e. The third-order valence-electron chi connectivity index (χ3n) is 8.36. The number of nitrogens with zero attached hydrogens (tertiary/aromatic N) is 2. The first-order chi connectivity index (χ1) is 19.1. The van der Waals surface area contributed by atoms with Gasteiger partial charge in [0.2, 0.25) is 5.91 Å². The van der Waals surface area contributed by atoms with Crippen LogP contribution in [-0.2, 0) is 9.59 Å². The van der Waals surface area contributed by atoms with Gasteiger partial charge in [-0.05, 0) is 103 Å². The second kappa shape index (κ2) is 17.2. The number of hydrogen-bond donors (Lipinski definition) is 2. The Labute approximate surface area is 244 Å². The molecule has 0 saturated heterocycles. The molecular weight excluding hydrogens is 496 g/mol. The number of likely N-dealkylation sites (N-methyl/N-ethyl adjacent to an activating group) is 1. The van der Waals surface area contributed by atoms with Crippen molar-refractivity contribution in [3.8, 4) is 0 Å². The zero-order chi connectivity index (χ0) is 29.5. The Balaban J connectivity index is 1.81. The van der Waals surface area contributed by atoms with E-state index in [1.54, 1.807) is 0 Å². The van der Waals surface area contributed by atoms with Gasteiger partial charge in [0.15, 0.2) is 6.54 Å². The van der Waals surface area contributed by atoms with Crippen LogP contribution in [-0.4, -0.2) is 67.0 Å². The van der Waals surface area contributed by atoms with E-state index in [1.807, 2.05) is 64.1 Å². The minimum absolute atomic E-state index is 0.0700. The number of benzene rings is 2. The highest BCUT2D eigenvalue weighted by atomic mass is 16.2. The van der Waals surface area contributed by atoms with Crippen molar-refractivity contribution >= 4 is 23.2 Å². The Kier molecular flexibility index (Phi) is 14.4. The molecule has 0 heterocycles. The average molecular weight is 552 g/mol. The van der Waals surface area contributed by atoms with E-state index >= 15 is 0 Å². The van der Waals surface area contributed by atoms with Crippen molar-refractivity contribution in [2.75, 3.05) is 56.4 Å². The second-order valence-corrected chi connectivity index (χ2v) is 11.5. The number of unbranched alkanes of at least 4 members (excludes halogenated alkanes) is 4. The first-order valence-corrected chi connectivity index (χ1v) is 15.4. The molecular formula is C34H55N4O2+. The number of carbonyl (C=O) groups is 2. The van der Waals surface area contributed by atoms with E-state index in [4.69, 9.17) is 0 Å². The van der Waals surface area contributed by atoms with Gasteiger partial charge in [-0.25, -0.2) is 0 Å². The highest BCUT2D eigenvalue weighted by molar-refractivity contribution is 5.94. The molecule has 6 heteroatoms. The molecule has 0 aliphatic carbocycles. The Hall–Kier alpha value is -2.70. The molecule has 0 bridgehead atoms. The Bertz CT molecular complexity index is 1040. The summed E-state index contributed by atoms with van der Waals surface area (Å²) in [4.78, 5) is 28.2. The van der Waals surface area contributed by atoms with Crippen LogP contribution in [0.15, 0.2) is 36.4 Å². The molecule has 0 radical (unpaired) electrons.